The SMILES string of the molecule is CCNC(C)c1ccccc1OCC(O)COC(C)C. The minimum absolute atomic E-state index is 0.116. The highest BCUT2D eigenvalue weighted by atomic mass is 16.5. The molecule has 4 nitrogen and oxygen atoms in total. The number of ether oxygens (including phenoxy) is 2. The summed E-state index contributed by atoms with van der Waals surface area (Å²) in [7, 11) is 0. The van der Waals surface area contributed by atoms with Gasteiger partial charge in [-0.3, -0.25) is 0 Å². The highest BCUT2D eigenvalue weighted by molar-refractivity contribution is 5.35. The summed E-state index contributed by atoms with van der Waals surface area (Å²) in [6, 6.07) is 8.13. The minimum Gasteiger partial charge on any atom is -0.490 e. The van der Waals surface area contributed by atoms with Gasteiger partial charge >= 0.3 is 0 Å². The Balaban J connectivity index is 2.54. The van der Waals surface area contributed by atoms with Crippen LogP contribution in [0.15, 0.2) is 24.3 Å². The molecule has 114 valence electrons. The molecule has 0 amide bonds. The molecule has 0 fully saturated rings. The van der Waals surface area contributed by atoms with Gasteiger partial charge in [-0.15, -0.1) is 0 Å². The van der Waals surface area contributed by atoms with Crippen molar-refractivity contribution in [3.63, 3.8) is 0 Å². The molecule has 2 unspecified atom stereocenters. The molecular weight excluding hydrogens is 254 g/mol. The van der Waals surface area contributed by atoms with E-state index < -0.39 is 6.10 Å². The highest BCUT2D eigenvalue weighted by Gasteiger charge is 2.12. The first kappa shape index (κ1) is 17.0. The molecule has 0 bridgehead atoms. The van der Waals surface area contributed by atoms with Gasteiger partial charge in [0.1, 0.15) is 18.5 Å². The summed E-state index contributed by atoms with van der Waals surface area (Å²) in [5.41, 5.74) is 1.10. The average molecular weight is 281 g/mol. The molecule has 0 aromatic heterocycles. The second-order valence-corrected chi connectivity index (χ2v) is 5.16. The summed E-state index contributed by atoms with van der Waals surface area (Å²) >= 11 is 0. The second kappa shape index (κ2) is 8.95. The van der Waals surface area contributed by atoms with Crippen LogP contribution < -0.4 is 10.1 Å². The Morgan fingerprint density at radius 3 is 2.50 bits per heavy atom. The van der Waals surface area contributed by atoms with Crippen LogP contribution in [0.1, 0.15) is 39.3 Å². The molecule has 0 aliphatic heterocycles. The molecule has 1 aromatic carbocycles. The maximum atomic E-state index is 9.83. The van der Waals surface area contributed by atoms with Crippen molar-refractivity contribution in [2.75, 3.05) is 19.8 Å². The minimum atomic E-state index is -0.611. The first-order valence-corrected chi connectivity index (χ1v) is 7.29. The van der Waals surface area contributed by atoms with Crippen LogP contribution in [0.4, 0.5) is 0 Å². The third kappa shape index (κ3) is 5.90. The second-order valence-electron chi connectivity index (χ2n) is 5.16. The lowest BCUT2D eigenvalue weighted by molar-refractivity contribution is -0.0124. The van der Waals surface area contributed by atoms with Crippen molar-refractivity contribution in [3.05, 3.63) is 29.8 Å². The van der Waals surface area contributed by atoms with Gasteiger partial charge in [-0.05, 0) is 33.4 Å². The Kier molecular flexibility index (Phi) is 7.59. The zero-order valence-corrected chi connectivity index (χ0v) is 12.9. The number of benzene rings is 1. The standard InChI is InChI=1S/C16H27NO3/c1-5-17-13(4)15-8-6-7-9-16(15)20-11-14(18)10-19-12(2)3/h6-9,12-14,17-18H,5,10-11H2,1-4H3. The van der Waals surface area contributed by atoms with Gasteiger partial charge in [-0.2, -0.15) is 0 Å². The van der Waals surface area contributed by atoms with Crippen molar-refractivity contribution in [1.29, 1.82) is 0 Å². The van der Waals surface area contributed by atoms with Crippen LogP contribution in [0.3, 0.4) is 0 Å². The summed E-state index contributed by atoms with van der Waals surface area (Å²) in [6.07, 6.45) is -0.495. The summed E-state index contributed by atoms with van der Waals surface area (Å²) in [5.74, 6) is 0.810. The molecule has 2 atom stereocenters. The van der Waals surface area contributed by atoms with Gasteiger partial charge in [0, 0.05) is 11.6 Å². The van der Waals surface area contributed by atoms with E-state index in [1.165, 1.54) is 0 Å². The first-order chi connectivity index (χ1) is 9.54. The van der Waals surface area contributed by atoms with Crippen LogP contribution in [-0.4, -0.2) is 37.1 Å². The first-order valence-electron chi connectivity index (χ1n) is 7.29. The predicted molar refractivity (Wildman–Crippen MR) is 81.1 cm³/mol. The Morgan fingerprint density at radius 2 is 1.85 bits per heavy atom. The lowest BCUT2D eigenvalue weighted by atomic mass is 10.1. The van der Waals surface area contributed by atoms with E-state index in [2.05, 4.69) is 19.2 Å². The zero-order chi connectivity index (χ0) is 15.0. The molecule has 1 rings (SSSR count). The number of aliphatic hydroxyl groups excluding tert-OH is 1. The van der Waals surface area contributed by atoms with Gasteiger partial charge in [0.25, 0.3) is 0 Å². The summed E-state index contributed by atoms with van der Waals surface area (Å²) in [6.45, 7) is 9.50. The number of nitrogens with one attached hydrogen (secondary N) is 1. The van der Waals surface area contributed by atoms with Gasteiger partial charge in [0.2, 0.25) is 0 Å². The van der Waals surface area contributed by atoms with Crippen LogP contribution >= 0.6 is 0 Å². The van der Waals surface area contributed by atoms with E-state index in [4.69, 9.17) is 9.47 Å². The molecule has 0 aliphatic carbocycles. The molecule has 0 saturated carbocycles. The van der Waals surface area contributed by atoms with E-state index in [1.54, 1.807) is 0 Å². The van der Waals surface area contributed by atoms with E-state index in [0.29, 0.717) is 6.61 Å². The maximum Gasteiger partial charge on any atom is 0.124 e. The molecule has 4 heteroatoms. The van der Waals surface area contributed by atoms with Crippen molar-refractivity contribution >= 4 is 0 Å². The van der Waals surface area contributed by atoms with Crippen molar-refractivity contribution in [2.24, 2.45) is 0 Å². The number of para-hydroxylation sites is 1. The van der Waals surface area contributed by atoms with Gasteiger partial charge in [-0.25, -0.2) is 0 Å². The fraction of sp³-hybridized carbons (Fsp3) is 0.625. The quantitative estimate of drug-likeness (QED) is 0.730. The van der Waals surface area contributed by atoms with Crippen molar-refractivity contribution < 1.29 is 14.6 Å². The van der Waals surface area contributed by atoms with Gasteiger partial charge in [0.05, 0.1) is 12.7 Å². The lowest BCUT2D eigenvalue weighted by Crippen LogP contribution is -2.26. The summed E-state index contributed by atoms with van der Waals surface area (Å²) in [5, 5.41) is 13.2. The summed E-state index contributed by atoms with van der Waals surface area (Å²) in [4.78, 5) is 0. The predicted octanol–water partition coefficient (Wildman–Crippen LogP) is 2.52. The number of rotatable bonds is 9. The molecule has 0 aliphatic rings. The maximum absolute atomic E-state index is 9.83. The normalized spacial score (nSPS) is 14.3. The fourth-order valence-electron chi connectivity index (χ4n) is 1.92. The largest absolute Gasteiger partial charge is 0.490 e. The zero-order valence-electron chi connectivity index (χ0n) is 12.9. The number of hydrogen-bond donors (Lipinski definition) is 2. The van der Waals surface area contributed by atoms with Gasteiger partial charge in [-0.1, -0.05) is 25.1 Å². The Bertz CT molecular complexity index is 382. The van der Waals surface area contributed by atoms with Gasteiger partial charge < -0.3 is 19.9 Å². The van der Waals surface area contributed by atoms with Crippen LogP contribution in [0.2, 0.25) is 0 Å². The van der Waals surface area contributed by atoms with Crippen molar-refractivity contribution in [2.45, 2.75) is 45.9 Å². The third-order valence-electron chi connectivity index (χ3n) is 2.95. The van der Waals surface area contributed by atoms with Crippen LogP contribution in [0.5, 0.6) is 5.75 Å². The monoisotopic (exact) mass is 281 g/mol. The molecule has 2 N–H and O–H groups in total. The smallest absolute Gasteiger partial charge is 0.124 e. The molecule has 0 saturated heterocycles. The molecular formula is C16H27NO3. The van der Waals surface area contributed by atoms with E-state index >= 15 is 0 Å². The Hall–Kier alpha value is -1.10. The Morgan fingerprint density at radius 1 is 1.15 bits per heavy atom. The van der Waals surface area contributed by atoms with Gasteiger partial charge in [0.15, 0.2) is 0 Å². The topological polar surface area (TPSA) is 50.7 Å². The van der Waals surface area contributed by atoms with Crippen LogP contribution in [0.25, 0.3) is 0 Å². The Labute approximate surface area is 122 Å². The molecule has 0 spiro atoms. The molecule has 1 aromatic rings. The van der Waals surface area contributed by atoms with Crippen molar-refractivity contribution in [3.8, 4) is 5.75 Å². The van der Waals surface area contributed by atoms with E-state index in [0.717, 1.165) is 17.9 Å². The fourth-order valence-corrected chi connectivity index (χ4v) is 1.92. The van der Waals surface area contributed by atoms with Crippen molar-refractivity contribution in [1.82, 2.24) is 5.32 Å². The van der Waals surface area contributed by atoms with Crippen LogP contribution in [0, 0.1) is 0 Å². The van der Waals surface area contributed by atoms with E-state index in [-0.39, 0.29) is 18.8 Å². The highest BCUT2D eigenvalue weighted by Crippen LogP contribution is 2.24. The number of aliphatic hydroxyl groups is 1. The average Bonchev–Trinajstić information content (AvgIpc) is 2.43. The van der Waals surface area contributed by atoms with Crippen LogP contribution in [-0.2, 0) is 4.74 Å². The third-order valence-corrected chi connectivity index (χ3v) is 2.95. The molecule has 20 heavy (non-hydrogen) atoms. The number of hydrogen-bond acceptors (Lipinski definition) is 4. The van der Waals surface area contributed by atoms with E-state index in [9.17, 15) is 5.11 Å². The van der Waals surface area contributed by atoms with E-state index in [1.807, 2.05) is 38.1 Å². The summed E-state index contributed by atoms with van der Waals surface area (Å²) < 4.78 is 11.1. The molecule has 0 radical (unpaired) electrons. The molecule has 0 heterocycles. The lowest BCUT2D eigenvalue weighted by Gasteiger charge is -2.19.